The third-order valence-corrected chi connectivity index (χ3v) is 6.68. The fourth-order valence-electron chi connectivity index (χ4n) is 3.22. The molecule has 1 aromatic carbocycles. The zero-order valence-electron chi connectivity index (χ0n) is 18.4. The van der Waals surface area contributed by atoms with Crippen molar-refractivity contribution in [3.63, 3.8) is 0 Å². The quantitative estimate of drug-likeness (QED) is 0.284. The van der Waals surface area contributed by atoms with Crippen LogP contribution in [0.25, 0.3) is 0 Å². The van der Waals surface area contributed by atoms with Gasteiger partial charge >= 0.3 is 0 Å². The van der Waals surface area contributed by atoms with Crippen molar-refractivity contribution in [2.24, 2.45) is 4.99 Å². The minimum Gasteiger partial charge on any atom is -0.497 e. The molecular weight excluding hydrogens is 519 g/mol. The van der Waals surface area contributed by atoms with E-state index in [0.717, 1.165) is 62.3 Å². The molecule has 1 fully saturated rings. The number of hydrogen-bond acceptors (Lipinski definition) is 6. The number of benzene rings is 1. The van der Waals surface area contributed by atoms with Gasteiger partial charge in [-0.1, -0.05) is 6.92 Å². The van der Waals surface area contributed by atoms with E-state index in [1.807, 2.05) is 25.1 Å². The Morgan fingerprint density at radius 3 is 2.40 bits per heavy atom. The van der Waals surface area contributed by atoms with Crippen molar-refractivity contribution in [2.45, 2.75) is 20.4 Å². The highest BCUT2D eigenvalue weighted by Crippen LogP contribution is 2.25. The van der Waals surface area contributed by atoms with E-state index in [9.17, 15) is 8.42 Å². The molecule has 0 amide bonds. The molecule has 0 unspecified atom stereocenters. The zero-order chi connectivity index (χ0) is 21.3. The van der Waals surface area contributed by atoms with E-state index in [0.29, 0.717) is 6.54 Å². The highest BCUT2D eigenvalue weighted by molar-refractivity contribution is 14.0. The Labute approximate surface area is 197 Å². The third-order valence-electron chi connectivity index (χ3n) is 4.99. The van der Waals surface area contributed by atoms with Gasteiger partial charge in [-0.05, 0) is 25.1 Å². The van der Waals surface area contributed by atoms with Crippen LogP contribution in [-0.2, 0) is 16.4 Å². The van der Waals surface area contributed by atoms with Crippen LogP contribution in [-0.4, -0.2) is 89.2 Å². The second-order valence-electron chi connectivity index (χ2n) is 6.91. The largest absolute Gasteiger partial charge is 0.497 e. The van der Waals surface area contributed by atoms with Crippen LogP contribution in [0.3, 0.4) is 0 Å². The van der Waals surface area contributed by atoms with Crippen molar-refractivity contribution < 1.29 is 17.9 Å². The van der Waals surface area contributed by atoms with Crippen molar-refractivity contribution >= 4 is 39.8 Å². The van der Waals surface area contributed by atoms with Crippen LogP contribution in [0.15, 0.2) is 23.2 Å². The normalized spacial score (nSPS) is 15.5. The van der Waals surface area contributed by atoms with E-state index >= 15 is 0 Å². The SMILES string of the molecule is CCNC(=NCCS(=O)(=O)CC)N1CCN(Cc2cc(OC)ccc2OC)CC1.I. The third kappa shape index (κ3) is 8.10. The Hall–Kier alpha value is -1.27. The molecule has 1 aromatic rings. The molecule has 1 heterocycles. The van der Waals surface area contributed by atoms with Gasteiger partial charge in [0.1, 0.15) is 11.5 Å². The Bertz CT molecular complexity index is 781. The number of aliphatic imine (C=N–C) groups is 1. The topological polar surface area (TPSA) is 83.5 Å². The van der Waals surface area contributed by atoms with Gasteiger partial charge < -0.3 is 19.7 Å². The monoisotopic (exact) mass is 554 g/mol. The summed E-state index contributed by atoms with van der Waals surface area (Å²) in [5, 5.41) is 3.28. The summed E-state index contributed by atoms with van der Waals surface area (Å²) in [6.07, 6.45) is 0. The number of guanidine groups is 1. The van der Waals surface area contributed by atoms with E-state index in [-0.39, 0.29) is 35.5 Å². The van der Waals surface area contributed by atoms with Crippen molar-refractivity contribution in [2.75, 3.05) is 65.0 Å². The van der Waals surface area contributed by atoms with E-state index < -0.39 is 9.84 Å². The Balaban J connectivity index is 0.00000450. The zero-order valence-corrected chi connectivity index (χ0v) is 21.5. The molecule has 0 radical (unpaired) electrons. The summed E-state index contributed by atoms with van der Waals surface area (Å²) in [5.41, 5.74) is 1.10. The summed E-state index contributed by atoms with van der Waals surface area (Å²) in [6, 6.07) is 5.85. The number of methoxy groups -OCH3 is 2. The number of rotatable bonds is 9. The minimum absolute atomic E-state index is 0. The van der Waals surface area contributed by atoms with Crippen molar-refractivity contribution in [3.05, 3.63) is 23.8 Å². The molecule has 0 bridgehead atoms. The number of ether oxygens (including phenoxy) is 2. The molecule has 2 rings (SSSR count). The fraction of sp³-hybridized carbons (Fsp3) is 0.650. The van der Waals surface area contributed by atoms with Crippen LogP contribution in [0.2, 0.25) is 0 Å². The molecule has 1 aliphatic rings. The maximum atomic E-state index is 11.7. The fourth-order valence-corrected chi connectivity index (χ4v) is 3.88. The summed E-state index contributed by atoms with van der Waals surface area (Å²) in [5.74, 6) is 2.72. The van der Waals surface area contributed by atoms with Gasteiger partial charge in [0, 0.05) is 50.6 Å². The Kier molecular flexibility index (Phi) is 11.8. The first-order valence-corrected chi connectivity index (χ1v) is 11.9. The summed E-state index contributed by atoms with van der Waals surface area (Å²) in [6.45, 7) is 8.95. The van der Waals surface area contributed by atoms with Crippen LogP contribution in [0.4, 0.5) is 0 Å². The molecule has 0 saturated carbocycles. The van der Waals surface area contributed by atoms with Crippen LogP contribution in [0.1, 0.15) is 19.4 Å². The standard InChI is InChI=1S/C20H34N4O4S.HI/c1-5-21-20(22-9-14-29(25,26)6-2)24-12-10-23(11-13-24)16-17-15-18(27-3)7-8-19(17)28-4;/h7-8,15H,5-6,9-14,16H2,1-4H3,(H,21,22);1H. The lowest BCUT2D eigenvalue weighted by atomic mass is 10.1. The van der Waals surface area contributed by atoms with E-state index in [2.05, 4.69) is 20.1 Å². The first-order valence-electron chi connectivity index (χ1n) is 10.1. The van der Waals surface area contributed by atoms with E-state index in [1.54, 1.807) is 21.1 Å². The predicted molar refractivity (Wildman–Crippen MR) is 132 cm³/mol. The van der Waals surface area contributed by atoms with Gasteiger partial charge in [0.15, 0.2) is 15.8 Å². The van der Waals surface area contributed by atoms with Crippen LogP contribution >= 0.6 is 24.0 Å². The number of halogens is 1. The second kappa shape index (κ2) is 13.2. The summed E-state index contributed by atoms with van der Waals surface area (Å²) in [4.78, 5) is 9.10. The van der Waals surface area contributed by atoms with Gasteiger partial charge in [-0.25, -0.2) is 8.42 Å². The van der Waals surface area contributed by atoms with Gasteiger partial charge in [-0.15, -0.1) is 24.0 Å². The van der Waals surface area contributed by atoms with Crippen molar-refractivity contribution in [1.29, 1.82) is 0 Å². The molecule has 0 spiro atoms. The average molecular weight is 554 g/mol. The highest BCUT2D eigenvalue weighted by atomic mass is 127. The van der Waals surface area contributed by atoms with Crippen LogP contribution in [0, 0.1) is 0 Å². The molecule has 172 valence electrons. The van der Waals surface area contributed by atoms with Gasteiger partial charge in [0.25, 0.3) is 0 Å². The summed E-state index contributed by atoms with van der Waals surface area (Å²) in [7, 11) is 0.346. The Morgan fingerprint density at radius 1 is 1.13 bits per heavy atom. The molecule has 30 heavy (non-hydrogen) atoms. The lowest BCUT2D eigenvalue weighted by molar-refractivity contribution is 0.171. The van der Waals surface area contributed by atoms with Gasteiger partial charge in [-0.3, -0.25) is 9.89 Å². The number of sulfone groups is 1. The van der Waals surface area contributed by atoms with E-state index in [1.165, 1.54) is 0 Å². The highest BCUT2D eigenvalue weighted by Gasteiger charge is 2.21. The molecule has 10 heteroatoms. The molecule has 0 atom stereocenters. The number of nitrogens with one attached hydrogen (secondary N) is 1. The maximum Gasteiger partial charge on any atom is 0.194 e. The molecule has 0 aliphatic carbocycles. The second-order valence-corrected chi connectivity index (χ2v) is 9.39. The first kappa shape index (κ1) is 26.8. The number of nitrogens with zero attached hydrogens (tertiary/aromatic N) is 3. The number of piperazine rings is 1. The smallest absolute Gasteiger partial charge is 0.194 e. The van der Waals surface area contributed by atoms with Gasteiger partial charge in [0.2, 0.25) is 0 Å². The molecule has 0 aromatic heterocycles. The molecule has 8 nitrogen and oxygen atoms in total. The molecular formula is C20H35IN4O4S. The number of hydrogen-bond donors (Lipinski definition) is 1. The van der Waals surface area contributed by atoms with E-state index in [4.69, 9.17) is 9.47 Å². The Morgan fingerprint density at radius 2 is 1.83 bits per heavy atom. The van der Waals surface area contributed by atoms with Crippen molar-refractivity contribution in [1.82, 2.24) is 15.1 Å². The van der Waals surface area contributed by atoms with Gasteiger partial charge in [-0.2, -0.15) is 0 Å². The lowest BCUT2D eigenvalue weighted by Crippen LogP contribution is -2.52. The summed E-state index contributed by atoms with van der Waals surface area (Å²) < 4.78 is 34.2. The molecule has 1 N–H and O–H groups in total. The molecule has 1 saturated heterocycles. The van der Waals surface area contributed by atoms with Gasteiger partial charge in [0.05, 0.1) is 26.5 Å². The van der Waals surface area contributed by atoms with Crippen LogP contribution in [0.5, 0.6) is 11.5 Å². The maximum absolute atomic E-state index is 11.7. The van der Waals surface area contributed by atoms with Crippen LogP contribution < -0.4 is 14.8 Å². The summed E-state index contributed by atoms with van der Waals surface area (Å²) >= 11 is 0. The average Bonchev–Trinajstić information content (AvgIpc) is 2.73. The predicted octanol–water partition coefficient (Wildman–Crippen LogP) is 1.84. The minimum atomic E-state index is -3.00. The van der Waals surface area contributed by atoms with Crippen molar-refractivity contribution in [3.8, 4) is 11.5 Å². The molecule has 1 aliphatic heterocycles. The lowest BCUT2D eigenvalue weighted by Gasteiger charge is -2.36. The first-order chi connectivity index (χ1) is 13.9.